The number of hydrogen-bond acceptors (Lipinski definition) is 6. The van der Waals surface area contributed by atoms with Crippen LogP contribution >= 0.6 is 0 Å². The van der Waals surface area contributed by atoms with E-state index in [-0.39, 0.29) is 28.5 Å². The maximum atomic E-state index is 12.4. The summed E-state index contributed by atoms with van der Waals surface area (Å²) >= 11 is 0. The van der Waals surface area contributed by atoms with Crippen LogP contribution in [0.5, 0.6) is 0 Å². The number of unbranched alkanes of at least 4 members (excludes halogenated alkanes) is 4. The molecule has 0 fully saturated rings. The van der Waals surface area contributed by atoms with Gasteiger partial charge in [0.05, 0.1) is 33.4 Å². The summed E-state index contributed by atoms with van der Waals surface area (Å²) in [5, 5.41) is 5.04. The molecule has 3 heterocycles. The molecule has 0 bridgehead atoms. The summed E-state index contributed by atoms with van der Waals surface area (Å²) in [7, 11) is 0. The van der Waals surface area contributed by atoms with Crippen molar-refractivity contribution in [2.75, 3.05) is 9.80 Å². The Labute approximate surface area is 677 Å². The van der Waals surface area contributed by atoms with E-state index in [1.165, 1.54) is 66.1 Å². The molecule has 16 aromatic rings. The van der Waals surface area contributed by atoms with Gasteiger partial charge in [0.1, 0.15) is 0 Å². The van der Waals surface area contributed by atoms with Gasteiger partial charge in [-0.1, -0.05) is 286 Å². The van der Waals surface area contributed by atoms with Gasteiger partial charge in [0.2, 0.25) is 0 Å². The zero-order valence-corrected chi connectivity index (χ0v) is 66.9. The molecule has 0 unspecified atom stereocenters. The molecular weight excluding hydrogens is 1410 g/mol. The number of carbonyl (C=O) groups is 4. The number of rotatable bonds is 24. The Kier molecular flexibility index (Phi) is 25.4. The second-order valence-corrected chi connectivity index (χ2v) is 30.2. The lowest BCUT2D eigenvalue weighted by molar-refractivity contribution is 0.0972. The predicted molar refractivity (Wildman–Crippen MR) is 482 cm³/mol. The van der Waals surface area contributed by atoms with Crippen molar-refractivity contribution in [3.63, 3.8) is 0 Å². The van der Waals surface area contributed by atoms with Crippen molar-refractivity contribution >= 4 is 101 Å². The number of benzene rings is 14. The van der Waals surface area contributed by atoms with Gasteiger partial charge in [0.25, 0.3) is 0 Å². The number of anilines is 6. The zero-order valence-electron chi connectivity index (χ0n) is 66.9. The highest BCUT2D eigenvalue weighted by molar-refractivity contribution is 6.11. The van der Waals surface area contributed by atoms with Crippen LogP contribution in [0.25, 0.3) is 77.2 Å². The normalized spacial score (nSPS) is 11.8. The molecular formula is C107H100N4O4. The van der Waals surface area contributed by atoms with Crippen molar-refractivity contribution in [2.24, 2.45) is 0 Å². The number of fused-ring (bicyclic) bond motifs is 8. The number of Topliss-reactive ketones (excluding diaryl/α,β-unsaturated/α-hetero) is 4. The first kappa shape index (κ1) is 78.6. The topological polar surface area (TPSA) is 84.6 Å². The Morgan fingerprint density at radius 2 is 0.504 bits per heavy atom. The minimum absolute atomic E-state index is 0.0558. The standard InChI is InChI=1S/C29H25NO.C29H27NO.C26H27NO.C23H21NO/c1-2-3-12-29(31)23-15-13-21(14-16-23)22-17-19-24(20-18-22)30-27-10-6-4-8-25(27)26-9-5-7-11-28(26)30;1-2-3-14-29(31)25-17-15-23(16-18-25)24-19-21-28(22-20-24)30(26-10-6-4-7-11-26)27-12-8-5-9-13-27;1-4-5-14-25(28)19-15-17-20(18-16-19)27-23-12-8-6-10-21(23)26(2,3)22-11-7-9-13-24(22)27;1-2-3-12-23(25)17-13-15-18(16-14-17)24-21-10-6-4-8-19(21)20-9-5-7-11-22(20)24/h4-11,13-20H,2-3,12H2,1H3;4-13,15-22H,2-3,14H2,1H3;6-13,15-18H,4-5,14H2,1-3H3;4-11,13-16H,2-3,12H2,1H3. The molecule has 1 aliphatic heterocycles. The van der Waals surface area contributed by atoms with Gasteiger partial charge in [-0.15, -0.1) is 0 Å². The summed E-state index contributed by atoms with van der Waals surface area (Å²) in [5.41, 5.74) is 24.2. The number of para-hydroxylation sites is 8. The fourth-order valence-corrected chi connectivity index (χ4v) is 15.8. The van der Waals surface area contributed by atoms with Crippen LogP contribution in [-0.2, 0) is 5.41 Å². The number of ketones is 4. The molecule has 8 heteroatoms. The van der Waals surface area contributed by atoms with Crippen LogP contribution < -0.4 is 9.80 Å². The summed E-state index contributed by atoms with van der Waals surface area (Å²) in [4.78, 5) is 53.6. The Morgan fingerprint density at radius 3 is 0.826 bits per heavy atom. The van der Waals surface area contributed by atoms with Gasteiger partial charge in [0.15, 0.2) is 23.1 Å². The first-order valence-corrected chi connectivity index (χ1v) is 41.0. The maximum Gasteiger partial charge on any atom is 0.162 e. The van der Waals surface area contributed by atoms with Gasteiger partial charge in [-0.25, -0.2) is 0 Å². The minimum atomic E-state index is -0.0558. The van der Waals surface area contributed by atoms with Crippen molar-refractivity contribution in [1.29, 1.82) is 0 Å². The first-order valence-electron chi connectivity index (χ1n) is 41.0. The van der Waals surface area contributed by atoms with E-state index in [1.807, 2.05) is 72.8 Å². The van der Waals surface area contributed by atoms with E-state index in [1.54, 1.807) is 0 Å². The highest BCUT2D eigenvalue weighted by atomic mass is 16.1. The fourth-order valence-electron chi connectivity index (χ4n) is 15.8. The first-order chi connectivity index (χ1) is 56.3. The second-order valence-electron chi connectivity index (χ2n) is 30.2. The highest BCUT2D eigenvalue weighted by Gasteiger charge is 2.36. The molecule has 17 rings (SSSR count). The van der Waals surface area contributed by atoms with Gasteiger partial charge in [-0.2, -0.15) is 0 Å². The van der Waals surface area contributed by atoms with E-state index < -0.39 is 0 Å². The predicted octanol–water partition coefficient (Wildman–Crippen LogP) is 29.3. The molecule has 115 heavy (non-hydrogen) atoms. The lowest BCUT2D eigenvalue weighted by atomic mass is 9.73. The van der Waals surface area contributed by atoms with Gasteiger partial charge in [-0.3, -0.25) is 19.2 Å². The van der Waals surface area contributed by atoms with Crippen LogP contribution in [0.15, 0.2) is 352 Å². The largest absolute Gasteiger partial charge is 0.311 e. The van der Waals surface area contributed by atoms with Crippen LogP contribution in [-0.4, -0.2) is 32.3 Å². The van der Waals surface area contributed by atoms with E-state index >= 15 is 0 Å². The van der Waals surface area contributed by atoms with Gasteiger partial charge >= 0.3 is 0 Å². The SMILES string of the molecule is CCCCC(=O)c1ccc(-c2ccc(-n3c4ccccc4c4ccccc43)cc2)cc1.CCCCC(=O)c1ccc(-c2ccc(N(c3ccccc3)c3ccccc3)cc2)cc1.CCCCC(=O)c1ccc(-n2c3ccccc3c3ccccc32)cc1.CCCCC(=O)c1ccc(N2c3ccccc3C(C)(C)c3ccccc32)cc1. The zero-order chi connectivity index (χ0) is 79.6. The summed E-state index contributed by atoms with van der Waals surface area (Å²) < 4.78 is 4.59. The molecule has 2 aromatic heterocycles. The molecule has 0 radical (unpaired) electrons. The van der Waals surface area contributed by atoms with Crippen molar-refractivity contribution in [3.8, 4) is 33.6 Å². The van der Waals surface area contributed by atoms with Crippen LogP contribution in [0.4, 0.5) is 34.1 Å². The average molecular weight is 1510 g/mol. The molecule has 0 spiro atoms. The summed E-state index contributed by atoms with van der Waals surface area (Å²) in [6, 6.07) is 121. The smallest absolute Gasteiger partial charge is 0.162 e. The minimum Gasteiger partial charge on any atom is -0.311 e. The van der Waals surface area contributed by atoms with Gasteiger partial charge in [0, 0.05) is 109 Å². The van der Waals surface area contributed by atoms with Gasteiger partial charge in [-0.05, 0) is 193 Å². The average Bonchev–Trinajstić information content (AvgIpc) is 1.46. The lowest BCUT2D eigenvalue weighted by Gasteiger charge is -2.42. The molecule has 0 atom stereocenters. The fraction of sp³-hybridized carbons (Fsp3) is 0.178. The molecule has 8 nitrogen and oxygen atoms in total. The van der Waals surface area contributed by atoms with Crippen LogP contribution in [0, 0.1) is 0 Å². The quantitative estimate of drug-likeness (QED) is 0.0561. The molecule has 0 N–H and O–H groups in total. The molecule has 0 saturated carbocycles. The van der Waals surface area contributed by atoms with E-state index in [0.717, 1.165) is 130 Å². The van der Waals surface area contributed by atoms with Crippen molar-refractivity contribution < 1.29 is 19.2 Å². The lowest BCUT2D eigenvalue weighted by Crippen LogP contribution is -2.30. The molecule has 0 aliphatic carbocycles. The van der Waals surface area contributed by atoms with E-state index in [2.05, 4.69) is 340 Å². The molecule has 14 aromatic carbocycles. The number of hydrogen-bond donors (Lipinski definition) is 0. The summed E-state index contributed by atoms with van der Waals surface area (Å²) in [6.07, 6.45) is 10.5. The number of nitrogens with zero attached hydrogens (tertiary/aromatic N) is 4. The Morgan fingerprint density at radius 1 is 0.261 bits per heavy atom. The van der Waals surface area contributed by atoms with Crippen LogP contribution in [0.2, 0.25) is 0 Å². The Balaban J connectivity index is 0.000000127. The summed E-state index contributed by atoms with van der Waals surface area (Å²) in [5.74, 6) is 0.921. The van der Waals surface area contributed by atoms with E-state index in [4.69, 9.17) is 0 Å². The highest BCUT2D eigenvalue weighted by Crippen LogP contribution is 2.52. The number of carbonyl (C=O) groups excluding carboxylic acids is 4. The monoisotopic (exact) mass is 1500 g/mol. The Hall–Kier alpha value is -13.0. The van der Waals surface area contributed by atoms with Crippen molar-refractivity contribution in [1.82, 2.24) is 9.13 Å². The van der Waals surface area contributed by atoms with Gasteiger partial charge < -0.3 is 18.9 Å². The second kappa shape index (κ2) is 37.1. The third-order valence-electron chi connectivity index (χ3n) is 22.1. The van der Waals surface area contributed by atoms with E-state index in [0.29, 0.717) is 25.7 Å². The number of aromatic nitrogens is 2. The molecule has 0 saturated heterocycles. The molecule has 0 amide bonds. The molecule has 572 valence electrons. The molecule has 1 aliphatic rings. The maximum absolute atomic E-state index is 12.4. The third-order valence-corrected chi connectivity index (χ3v) is 22.1. The Bertz CT molecular complexity index is 5780. The summed E-state index contributed by atoms with van der Waals surface area (Å²) in [6.45, 7) is 13.0. The van der Waals surface area contributed by atoms with Crippen molar-refractivity contribution in [3.05, 3.63) is 385 Å². The third kappa shape index (κ3) is 17.6. The van der Waals surface area contributed by atoms with Crippen molar-refractivity contribution in [2.45, 2.75) is 124 Å². The van der Waals surface area contributed by atoms with Crippen LogP contribution in [0.1, 0.15) is 171 Å². The van der Waals surface area contributed by atoms with Crippen LogP contribution in [0.3, 0.4) is 0 Å². The van der Waals surface area contributed by atoms with E-state index in [9.17, 15) is 19.2 Å².